The Morgan fingerprint density at radius 3 is 2.43 bits per heavy atom. The fraction of sp³-hybridized carbons (Fsp3) is 1.00. The molecular formula is C8H20N2O3S. The van der Waals surface area contributed by atoms with Gasteiger partial charge in [-0.2, -0.15) is 4.31 Å². The first-order valence-electron chi connectivity index (χ1n) is 4.87. The monoisotopic (exact) mass is 224 g/mol. The minimum Gasteiger partial charge on any atom is -0.395 e. The van der Waals surface area contributed by atoms with E-state index in [2.05, 4.69) is 5.32 Å². The van der Waals surface area contributed by atoms with E-state index in [1.165, 1.54) is 4.31 Å². The highest BCUT2D eigenvalue weighted by Gasteiger charge is 2.18. The Morgan fingerprint density at radius 2 is 2.00 bits per heavy atom. The van der Waals surface area contributed by atoms with Gasteiger partial charge in [0, 0.05) is 19.6 Å². The molecule has 86 valence electrons. The van der Waals surface area contributed by atoms with Crippen LogP contribution in [0.4, 0.5) is 0 Å². The van der Waals surface area contributed by atoms with Gasteiger partial charge < -0.3 is 10.4 Å². The van der Waals surface area contributed by atoms with Gasteiger partial charge in [-0.05, 0) is 6.54 Å². The minimum absolute atomic E-state index is 0.0919. The van der Waals surface area contributed by atoms with Crippen LogP contribution >= 0.6 is 0 Å². The number of aliphatic hydroxyl groups is 1. The van der Waals surface area contributed by atoms with Crippen LogP contribution in [-0.2, 0) is 10.0 Å². The summed E-state index contributed by atoms with van der Waals surface area (Å²) >= 11 is 0. The molecule has 14 heavy (non-hydrogen) atoms. The third-order valence-electron chi connectivity index (χ3n) is 1.88. The Bertz CT molecular complexity index is 229. The Morgan fingerprint density at radius 1 is 1.36 bits per heavy atom. The lowest BCUT2D eigenvalue weighted by molar-refractivity contribution is 0.257. The van der Waals surface area contributed by atoms with Gasteiger partial charge in [0.2, 0.25) is 10.0 Å². The maximum Gasteiger partial charge on any atom is 0.215 e. The van der Waals surface area contributed by atoms with Crippen LogP contribution in [0, 0.1) is 0 Å². The Hall–Kier alpha value is -0.170. The zero-order valence-corrected chi connectivity index (χ0v) is 9.68. The van der Waals surface area contributed by atoms with Gasteiger partial charge in [0.1, 0.15) is 0 Å². The van der Waals surface area contributed by atoms with Crippen molar-refractivity contribution in [1.82, 2.24) is 9.62 Å². The lowest BCUT2D eigenvalue weighted by Crippen LogP contribution is -2.37. The molecule has 0 aromatic heterocycles. The average molecular weight is 224 g/mol. The SMILES string of the molecule is CCNCCS(=O)(=O)N(CC)CCO. The summed E-state index contributed by atoms with van der Waals surface area (Å²) in [5.74, 6) is 0.0919. The third-order valence-corrected chi connectivity index (χ3v) is 3.83. The van der Waals surface area contributed by atoms with Crippen LogP contribution in [0.5, 0.6) is 0 Å². The molecule has 0 saturated heterocycles. The molecule has 0 bridgehead atoms. The van der Waals surface area contributed by atoms with E-state index < -0.39 is 10.0 Å². The van der Waals surface area contributed by atoms with Gasteiger partial charge >= 0.3 is 0 Å². The summed E-state index contributed by atoms with van der Waals surface area (Å²) in [5.41, 5.74) is 0. The number of rotatable bonds is 8. The maximum absolute atomic E-state index is 11.6. The summed E-state index contributed by atoms with van der Waals surface area (Å²) in [7, 11) is -3.20. The fourth-order valence-electron chi connectivity index (χ4n) is 1.11. The van der Waals surface area contributed by atoms with Crippen molar-refractivity contribution in [2.24, 2.45) is 0 Å². The zero-order chi connectivity index (χ0) is 11.0. The van der Waals surface area contributed by atoms with Crippen LogP contribution in [-0.4, -0.2) is 56.4 Å². The van der Waals surface area contributed by atoms with Gasteiger partial charge in [0.05, 0.1) is 12.4 Å². The number of sulfonamides is 1. The Labute approximate surface area is 86.2 Å². The number of nitrogens with zero attached hydrogens (tertiary/aromatic N) is 1. The number of nitrogens with one attached hydrogen (secondary N) is 1. The summed E-state index contributed by atoms with van der Waals surface area (Å²) in [4.78, 5) is 0. The summed E-state index contributed by atoms with van der Waals surface area (Å²) in [5, 5.41) is 11.6. The highest BCUT2D eigenvalue weighted by Crippen LogP contribution is 1.99. The summed E-state index contributed by atoms with van der Waals surface area (Å²) in [6.45, 7) is 5.38. The van der Waals surface area contributed by atoms with Gasteiger partial charge in [0.25, 0.3) is 0 Å². The third kappa shape index (κ3) is 4.90. The molecule has 0 heterocycles. The molecule has 0 fully saturated rings. The number of hydrogen-bond acceptors (Lipinski definition) is 4. The maximum atomic E-state index is 11.6. The predicted octanol–water partition coefficient (Wildman–Crippen LogP) is -0.760. The van der Waals surface area contributed by atoms with Crippen molar-refractivity contribution in [1.29, 1.82) is 0 Å². The quantitative estimate of drug-likeness (QED) is 0.532. The second-order valence-electron chi connectivity index (χ2n) is 2.88. The van der Waals surface area contributed by atoms with Gasteiger partial charge in [-0.3, -0.25) is 0 Å². The molecule has 0 aliphatic heterocycles. The molecule has 0 rings (SSSR count). The van der Waals surface area contributed by atoms with Crippen LogP contribution < -0.4 is 5.32 Å². The van der Waals surface area contributed by atoms with E-state index in [-0.39, 0.29) is 18.9 Å². The largest absolute Gasteiger partial charge is 0.395 e. The van der Waals surface area contributed by atoms with E-state index >= 15 is 0 Å². The second kappa shape index (κ2) is 7.17. The molecule has 0 spiro atoms. The first-order chi connectivity index (χ1) is 6.58. The van der Waals surface area contributed by atoms with E-state index in [1.807, 2.05) is 6.92 Å². The predicted molar refractivity (Wildman–Crippen MR) is 56.7 cm³/mol. The Balaban J connectivity index is 4.12. The molecule has 0 aliphatic rings. The highest BCUT2D eigenvalue weighted by molar-refractivity contribution is 7.89. The van der Waals surface area contributed by atoms with Crippen molar-refractivity contribution < 1.29 is 13.5 Å². The van der Waals surface area contributed by atoms with Gasteiger partial charge in [-0.15, -0.1) is 0 Å². The van der Waals surface area contributed by atoms with Gasteiger partial charge in [-0.25, -0.2) is 8.42 Å². The molecular weight excluding hydrogens is 204 g/mol. The molecule has 2 N–H and O–H groups in total. The topological polar surface area (TPSA) is 69.6 Å². The smallest absolute Gasteiger partial charge is 0.215 e. The number of hydrogen-bond donors (Lipinski definition) is 2. The number of likely N-dealkylation sites (N-methyl/N-ethyl adjacent to an activating group) is 1. The van der Waals surface area contributed by atoms with E-state index in [1.54, 1.807) is 6.92 Å². The lowest BCUT2D eigenvalue weighted by Gasteiger charge is -2.19. The standard InChI is InChI=1S/C8H20N2O3S/c1-3-9-5-8-14(12,13)10(4-2)6-7-11/h9,11H,3-8H2,1-2H3. The van der Waals surface area contributed by atoms with Crippen LogP contribution in [0.25, 0.3) is 0 Å². The van der Waals surface area contributed by atoms with Crippen LogP contribution in [0.3, 0.4) is 0 Å². The summed E-state index contributed by atoms with van der Waals surface area (Å²) in [6.07, 6.45) is 0. The first kappa shape index (κ1) is 13.8. The Kier molecular flexibility index (Phi) is 7.08. The molecule has 0 aromatic carbocycles. The zero-order valence-electron chi connectivity index (χ0n) is 8.86. The van der Waals surface area contributed by atoms with E-state index in [4.69, 9.17) is 5.11 Å². The fourth-order valence-corrected chi connectivity index (χ4v) is 2.53. The van der Waals surface area contributed by atoms with Crippen molar-refractivity contribution in [2.75, 3.05) is 38.5 Å². The number of aliphatic hydroxyl groups excluding tert-OH is 1. The summed E-state index contributed by atoms with van der Waals surface area (Å²) in [6, 6.07) is 0. The van der Waals surface area contributed by atoms with Crippen molar-refractivity contribution in [2.45, 2.75) is 13.8 Å². The second-order valence-corrected chi connectivity index (χ2v) is 4.97. The molecule has 0 radical (unpaired) electrons. The van der Waals surface area contributed by atoms with Crippen molar-refractivity contribution in [3.05, 3.63) is 0 Å². The first-order valence-corrected chi connectivity index (χ1v) is 6.48. The average Bonchev–Trinajstić information content (AvgIpc) is 2.14. The molecule has 0 saturated carbocycles. The lowest BCUT2D eigenvalue weighted by atomic mass is 10.6. The molecule has 0 unspecified atom stereocenters. The van der Waals surface area contributed by atoms with Crippen LogP contribution in [0.15, 0.2) is 0 Å². The van der Waals surface area contributed by atoms with E-state index in [0.29, 0.717) is 13.1 Å². The molecule has 0 aliphatic carbocycles. The van der Waals surface area contributed by atoms with Crippen molar-refractivity contribution in [3.63, 3.8) is 0 Å². The molecule has 6 heteroatoms. The minimum atomic E-state index is -3.20. The highest BCUT2D eigenvalue weighted by atomic mass is 32.2. The van der Waals surface area contributed by atoms with E-state index in [0.717, 1.165) is 6.54 Å². The van der Waals surface area contributed by atoms with Crippen LogP contribution in [0.1, 0.15) is 13.8 Å². The molecule has 0 aromatic rings. The van der Waals surface area contributed by atoms with Crippen molar-refractivity contribution >= 4 is 10.0 Å². The molecule has 0 amide bonds. The molecule has 5 nitrogen and oxygen atoms in total. The van der Waals surface area contributed by atoms with E-state index in [9.17, 15) is 8.42 Å². The normalized spacial score (nSPS) is 12.3. The summed E-state index contributed by atoms with van der Waals surface area (Å²) < 4.78 is 24.5. The van der Waals surface area contributed by atoms with Crippen molar-refractivity contribution in [3.8, 4) is 0 Å². The van der Waals surface area contributed by atoms with Gasteiger partial charge in [0.15, 0.2) is 0 Å². The molecule has 0 atom stereocenters. The van der Waals surface area contributed by atoms with Gasteiger partial charge in [-0.1, -0.05) is 13.8 Å². The van der Waals surface area contributed by atoms with Crippen LogP contribution in [0.2, 0.25) is 0 Å².